The highest BCUT2D eigenvalue weighted by Crippen LogP contribution is 2.32. The summed E-state index contributed by atoms with van der Waals surface area (Å²) in [6.07, 6.45) is 6.24. The Morgan fingerprint density at radius 1 is 1.29 bits per heavy atom. The van der Waals surface area contributed by atoms with E-state index < -0.39 is 0 Å². The molecule has 2 atom stereocenters. The van der Waals surface area contributed by atoms with Gasteiger partial charge in [0.25, 0.3) is 0 Å². The average Bonchev–Trinajstić information content (AvgIpc) is 2.79. The molecule has 2 unspecified atom stereocenters. The number of hydrogen-bond donors (Lipinski definition) is 0. The lowest BCUT2D eigenvalue weighted by molar-refractivity contribution is 0.229. The van der Waals surface area contributed by atoms with Gasteiger partial charge < -0.3 is 4.57 Å². The highest BCUT2D eigenvalue weighted by Gasteiger charge is 2.23. The van der Waals surface area contributed by atoms with Crippen LogP contribution in [0.4, 0.5) is 0 Å². The van der Waals surface area contributed by atoms with Crippen LogP contribution in [0.5, 0.6) is 0 Å². The van der Waals surface area contributed by atoms with Crippen molar-refractivity contribution in [2.45, 2.75) is 45.6 Å². The molecule has 0 saturated heterocycles. The summed E-state index contributed by atoms with van der Waals surface area (Å²) in [4.78, 5) is 4.75. The zero-order valence-corrected chi connectivity index (χ0v) is 14.0. The molecule has 3 rings (SSSR count). The van der Waals surface area contributed by atoms with Gasteiger partial charge in [-0.2, -0.15) is 0 Å². The van der Waals surface area contributed by atoms with E-state index in [4.69, 9.17) is 28.2 Å². The number of alkyl halides is 1. The molecule has 1 aromatic heterocycles. The number of fused-ring (bicyclic) bond motifs is 1. The van der Waals surface area contributed by atoms with Crippen LogP contribution < -0.4 is 0 Å². The second-order valence-corrected chi connectivity index (χ2v) is 7.05. The largest absolute Gasteiger partial charge is 0.328 e. The second-order valence-electron chi connectivity index (χ2n) is 6.23. The number of hydrogen-bond acceptors (Lipinski definition) is 1. The van der Waals surface area contributed by atoms with Crippen molar-refractivity contribution < 1.29 is 0 Å². The van der Waals surface area contributed by atoms with Crippen molar-refractivity contribution in [2.24, 2.45) is 11.8 Å². The molecular weight excluding hydrogens is 303 g/mol. The predicted octanol–water partition coefficient (Wildman–Crippen LogP) is 5.30. The Bertz CT molecular complexity index is 621. The molecule has 0 amide bonds. The van der Waals surface area contributed by atoms with Gasteiger partial charge in [-0.05, 0) is 36.5 Å². The van der Waals surface area contributed by atoms with E-state index in [1.54, 1.807) is 0 Å². The molecule has 1 saturated carbocycles. The molecule has 0 spiro atoms. The zero-order chi connectivity index (χ0) is 14.8. The third-order valence-corrected chi connectivity index (χ3v) is 5.24. The van der Waals surface area contributed by atoms with Crippen LogP contribution in [0.15, 0.2) is 18.2 Å². The maximum atomic E-state index is 6.10. The van der Waals surface area contributed by atoms with E-state index in [0.29, 0.717) is 5.88 Å². The Morgan fingerprint density at radius 2 is 2.10 bits per heavy atom. The van der Waals surface area contributed by atoms with Gasteiger partial charge >= 0.3 is 0 Å². The number of rotatable bonds is 4. The Labute approximate surface area is 136 Å². The summed E-state index contributed by atoms with van der Waals surface area (Å²) >= 11 is 12.1. The smallest absolute Gasteiger partial charge is 0.111 e. The number of imidazole rings is 1. The zero-order valence-electron chi connectivity index (χ0n) is 12.5. The summed E-state index contributed by atoms with van der Waals surface area (Å²) in [6.45, 7) is 3.45. The fraction of sp³-hybridized carbons (Fsp3) is 0.588. The van der Waals surface area contributed by atoms with Crippen LogP contribution in [0.2, 0.25) is 5.02 Å². The topological polar surface area (TPSA) is 17.8 Å². The van der Waals surface area contributed by atoms with Crippen molar-refractivity contribution >= 4 is 34.2 Å². The molecule has 114 valence electrons. The van der Waals surface area contributed by atoms with E-state index in [-0.39, 0.29) is 0 Å². The van der Waals surface area contributed by atoms with Crippen LogP contribution in [0.1, 0.15) is 38.4 Å². The molecule has 21 heavy (non-hydrogen) atoms. The molecule has 0 aliphatic heterocycles. The standard InChI is InChI=1S/C17H22Cl2N2/c1-12-4-2-3-5-13(12)11-21-16-7-6-14(19)10-15(16)20-17(21)8-9-18/h6-7,10,12-13H,2-5,8-9,11H2,1H3. The summed E-state index contributed by atoms with van der Waals surface area (Å²) in [5, 5.41) is 0.746. The van der Waals surface area contributed by atoms with E-state index in [1.807, 2.05) is 12.1 Å². The molecule has 2 nitrogen and oxygen atoms in total. The molecule has 0 N–H and O–H groups in total. The second kappa shape index (κ2) is 6.58. The van der Waals surface area contributed by atoms with Gasteiger partial charge in [0.15, 0.2) is 0 Å². The van der Waals surface area contributed by atoms with Gasteiger partial charge in [-0.3, -0.25) is 0 Å². The highest BCUT2D eigenvalue weighted by atomic mass is 35.5. The van der Waals surface area contributed by atoms with Crippen molar-refractivity contribution in [2.75, 3.05) is 5.88 Å². The molecular formula is C17H22Cl2N2. The molecule has 1 aliphatic carbocycles. The first-order chi connectivity index (χ1) is 10.2. The van der Waals surface area contributed by atoms with Gasteiger partial charge in [0, 0.05) is 23.9 Å². The maximum Gasteiger partial charge on any atom is 0.111 e. The quantitative estimate of drug-likeness (QED) is 0.698. The first kappa shape index (κ1) is 15.2. The van der Waals surface area contributed by atoms with E-state index >= 15 is 0 Å². The van der Waals surface area contributed by atoms with Gasteiger partial charge in [0.1, 0.15) is 5.82 Å². The SMILES string of the molecule is CC1CCCCC1Cn1c(CCCl)nc2cc(Cl)ccc21. The van der Waals surface area contributed by atoms with Crippen LogP contribution in [-0.4, -0.2) is 15.4 Å². The highest BCUT2D eigenvalue weighted by molar-refractivity contribution is 6.31. The number of halogens is 2. The minimum absolute atomic E-state index is 0.608. The van der Waals surface area contributed by atoms with Crippen molar-refractivity contribution in [1.29, 1.82) is 0 Å². The minimum atomic E-state index is 0.608. The van der Waals surface area contributed by atoms with Crippen LogP contribution in [-0.2, 0) is 13.0 Å². The van der Waals surface area contributed by atoms with Crippen molar-refractivity contribution in [1.82, 2.24) is 9.55 Å². The minimum Gasteiger partial charge on any atom is -0.328 e. The first-order valence-corrected chi connectivity index (χ1v) is 8.81. The Balaban J connectivity index is 1.96. The van der Waals surface area contributed by atoms with Crippen molar-refractivity contribution in [3.05, 3.63) is 29.0 Å². The van der Waals surface area contributed by atoms with Crippen LogP contribution >= 0.6 is 23.2 Å². The van der Waals surface area contributed by atoms with Crippen LogP contribution in [0.3, 0.4) is 0 Å². The third-order valence-electron chi connectivity index (χ3n) is 4.81. The lowest BCUT2D eigenvalue weighted by Crippen LogP contribution is -2.23. The predicted molar refractivity (Wildman–Crippen MR) is 90.3 cm³/mol. The van der Waals surface area contributed by atoms with Gasteiger partial charge in [-0.1, -0.05) is 37.8 Å². The van der Waals surface area contributed by atoms with E-state index in [1.165, 1.54) is 31.2 Å². The lowest BCUT2D eigenvalue weighted by atomic mass is 9.80. The van der Waals surface area contributed by atoms with Gasteiger partial charge in [0.05, 0.1) is 11.0 Å². The molecule has 1 fully saturated rings. The molecule has 1 aromatic carbocycles. The number of aryl methyl sites for hydroxylation is 1. The maximum absolute atomic E-state index is 6.10. The average molecular weight is 325 g/mol. The van der Waals surface area contributed by atoms with Crippen LogP contribution in [0, 0.1) is 11.8 Å². The van der Waals surface area contributed by atoms with Gasteiger partial charge in [-0.15, -0.1) is 11.6 Å². The van der Waals surface area contributed by atoms with Crippen molar-refractivity contribution in [3.8, 4) is 0 Å². The molecule has 0 bridgehead atoms. The number of nitrogens with zero attached hydrogens (tertiary/aromatic N) is 2. The number of aromatic nitrogens is 2. The summed E-state index contributed by atoms with van der Waals surface area (Å²) in [7, 11) is 0. The Kier molecular flexibility index (Phi) is 4.75. The summed E-state index contributed by atoms with van der Waals surface area (Å²) in [6, 6.07) is 6.00. The van der Waals surface area contributed by atoms with Crippen molar-refractivity contribution in [3.63, 3.8) is 0 Å². The van der Waals surface area contributed by atoms with Gasteiger partial charge in [-0.25, -0.2) is 4.98 Å². The Hall–Kier alpha value is -0.730. The molecule has 2 aromatic rings. The summed E-state index contributed by atoms with van der Waals surface area (Å²) in [5.41, 5.74) is 2.18. The lowest BCUT2D eigenvalue weighted by Gasteiger charge is -2.29. The van der Waals surface area contributed by atoms with E-state index in [9.17, 15) is 0 Å². The van der Waals surface area contributed by atoms with E-state index in [0.717, 1.165) is 41.2 Å². The third kappa shape index (κ3) is 3.22. The first-order valence-electron chi connectivity index (χ1n) is 7.89. The van der Waals surface area contributed by atoms with Crippen LogP contribution in [0.25, 0.3) is 11.0 Å². The number of benzene rings is 1. The molecule has 0 radical (unpaired) electrons. The monoisotopic (exact) mass is 324 g/mol. The summed E-state index contributed by atoms with van der Waals surface area (Å²) in [5.74, 6) is 3.25. The molecule has 1 aliphatic rings. The molecule has 4 heteroatoms. The fourth-order valence-electron chi connectivity index (χ4n) is 3.53. The summed E-state index contributed by atoms with van der Waals surface area (Å²) < 4.78 is 2.38. The van der Waals surface area contributed by atoms with Gasteiger partial charge in [0.2, 0.25) is 0 Å². The molecule has 1 heterocycles. The fourth-order valence-corrected chi connectivity index (χ4v) is 3.87. The Morgan fingerprint density at radius 3 is 2.86 bits per heavy atom. The normalized spacial score (nSPS) is 22.8. The van der Waals surface area contributed by atoms with E-state index in [2.05, 4.69) is 17.6 Å².